The molecule has 1 aliphatic heterocycles. The average molecular weight is 413 g/mol. The van der Waals surface area contributed by atoms with E-state index in [4.69, 9.17) is 4.74 Å². The lowest BCUT2D eigenvalue weighted by Gasteiger charge is -2.38. The summed E-state index contributed by atoms with van der Waals surface area (Å²) in [6.07, 6.45) is -0.573. The Morgan fingerprint density at radius 3 is 2.28 bits per heavy atom. The Morgan fingerprint density at radius 2 is 1.80 bits per heavy atom. The van der Waals surface area contributed by atoms with Crippen LogP contribution >= 0.6 is 15.9 Å². The van der Waals surface area contributed by atoms with Gasteiger partial charge in [0.15, 0.2) is 6.04 Å². The maximum Gasteiger partial charge on any atom is 0.410 e. The summed E-state index contributed by atoms with van der Waals surface area (Å²) in [5.41, 5.74) is -0.145. The monoisotopic (exact) mass is 412 g/mol. The minimum absolute atomic E-state index is 0.130. The molecule has 136 valence electrons. The van der Waals surface area contributed by atoms with Gasteiger partial charge in [0.2, 0.25) is 5.91 Å². The Bertz CT molecular complexity index is 669. The minimum Gasteiger partial charge on any atom is -0.479 e. The number of ether oxygens (including phenoxy) is 1. The SMILES string of the molecule is CC(C)(C)OC(=O)N1CCN(C(C(=O)O)c2ccc(Br)cc2)C(=O)C1. The van der Waals surface area contributed by atoms with Crippen LogP contribution in [0.3, 0.4) is 0 Å². The van der Waals surface area contributed by atoms with Crippen molar-refractivity contribution in [1.29, 1.82) is 0 Å². The highest BCUT2D eigenvalue weighted by Gasteiger charge is 2.37. The van der Waals surface area contributed by atoms with E-state index in [2.05, 4.69) is 15.9 Å². The molecule has 2 amide bonds. The first kappa shape index (κ1) is 19.2. The molecule has 1 saturated heterocycles. The molecule has 8 heteroatoms. The lowest BCUT2D eigenvalue weighted by Crippen LogP contribution is -2.55. The van der Waals surface area contributed by atoms with E-state index in [-0.39, 0.29) is 19.6 Å². The van der Waals surface area contributed by atoms with Crippen molar-refractivity contribution in [3.8, 4) is 0 Å². The van der Waals surface area contributed by atoms with Gasteiger partial charge < -0.3 is 14.7 Å². The van der Waals surface area contributed by atoms with Crippen LogP contribution in [0.2, 0.25) is 0 Å². The summed E-state index contributed by atoms with van der Waals surface area (Å²) in [6.45, 7) is 5.40. The van der Waals surface area contributed by atoms with Crippen molar-refractivity contribution >= 4 is 33.9 Å². The van der Waals surface area contributed by atoms with Gasteiger partial charge in [0, 0.05) is 17.6 Å². The van der Waals surface area contributed by atoms with E-state index in [0.717, 1.165) is 4.47 Å². The number of hydrogen-bond donors (Lipinski definition) is 1. The molecule has 25 heavy (non-hydrogen) atoms. The van der Waals surface area contributed by atoms with Crippen molar-refractivity contribution in [2.75, 3.05) is 19.6 Å². The fourth-order valence-corrected chi connectivity index (χ4v) is 2.81. The summed E-state index contributed by atoms with van der Waals surface area (Å²) in [5, 5.41) is 9.58. The van der Waals surface area contributed by atoms with Crippen LogP contribution in [0, 0.1) is 0 Å². The van der Waals surface area contributed by atoms with Gasteiger partial charge in [-0.2, -0.15) is 0 Å². The molecular weight excluding hydrogens is 392 g/mol. The van der Waals surface area contributed by atoms with Gasteiger partial charge in [-0.15, -0.1) is 0 Å². The second kappa shape index (κ2) is 7.43. The van der Waals surface area contributed by atoms with Gasteiger partial charge in [0.05, 0.1) is 0 Å². The number of nitrogens with zero attached hydrogens (tertiary/aromatic N) is 2. The first-order valence-electron chi connectivity index (χ1n) is 7.84. The predicted molar refractivity (Wildman–Crippen MR) is 94.0 cm³/mol. The molecule has 1 aliphatic rings. The maximum absolute atomic E-state index is 12.5. The van der Waals surface area contributed by atoms with Gasteiger partial charge in [-0.1, -0.05) is 28.1 Å². The van der Waals surface area contributed by atoms with E-state index in [1.54, 1.807) is 45.0 Å². The van der Waals surface area contributed by atoms with Crippen LogP contribution in [0.15, 0.2) is 28.7 Å². The molecule has 0 bridgehead atoms. The number of carboxylic acid groups (broad SMARTS) is 1. The Balaban J connectivity index is 2.13. The average Bonchev–Trinajstić information content (AvgIpc) is 2.49. The predicted octanol–water partition coefficient (Wildman–Crippen LogP) is 2.65. The van der Waals surface area contributed by atoms with Crippen LogP contribution in [-0.2, 0) is 14.3 Å². The zero-order chi connectivity index (χ0) is 18.8. The first-order valence-corrected chi connectivity index (χ1v) is 8.63. The normalized spacial score (nSPS) is 16.6. The molecule has 1 heterocycles. The Labute approximate surface area is 154 Å². The van der Waals surface area contributed by atoms with E-state index < -0.39 is 29.6 Å². The number of carbonyl (C=O) groups is 3. The second-order valence-corrected chi connectivity index (χ2v) is 7.70. The molecule has 1 unspecified atom stereocenters. The molecule has 1 fully saturated rings. The summed E-state index contributed by atoms with van der Waals surface area (Å²) in [6, 6.07) is 5.70. The van der Waals surface area contributed by atoms with Crippen LogP contribution in [0.4, 0.5) is 4.79 Å². The number of carbonyl (C=O) groups excluding carboxylic acids is 2. The third-order valence-corrected chi connectivity index (χ3v) is 4.17. The van der Waals surface area contributed by atoms with Gasteiger partial charge in [-0.25, -0.2) is 9.59 Å². The van der Waals surface area contributed by atoms with E-state index >= 15 is 0 Å². The quantitative estimate of drug-likeness (QED) is 0.824. The van der Waals surface area contributed by atoms with Crippen LogP contribution < -0.4 is 0 Å². The van der Waals surface area contributed by atoms with E-state index in [0.29, 0.717) is 5.56 Å². The Hall–Kier alpha value is -2.09. The molecule has 0 aromatic heterocycles. The zero-order valence-electron chi connectivity index (χ0n) is 14.4. The molecule has 1 aromatic carbocycles. The molecule has 0 radical (unpaired) electrons. The number of hydrogen-bond acceptors (Lipinski definition) is 4. The number of aliphatic carboxylic acids is 1. The fraction of sp³-hybridized carbons (Fsp3) is 0.471. The van der Waals surface area contributed by atoms with Crippen LogP contribution in [0.25, 0.3) is 0 Å². The molecule has 1 aromatic rings. The van der Waals surface area contributed by atoms with Crippen LogP contribution in [-0.4, -0.2) is 58.1 Å². The second-order valence-electron chi connectivity index (χ2n) is 6.78. The number of amides is 2. The van der Waals surface area contributed by atoms with Gasteiger partial charge >= 0.3 is 12.1 Å². The molecule has 0 saturated carbocycles. The maximum atomic E-state index is 12.5. The Morgan fingerprint density at radius 1 is 1.20 bits per heavy atom. The van der Waals surface area contributed by atoms with E-state index in [9.17, 15) is 19.5 Å². The van der Waals surface area contributed by atoms with Crippen molar-refractivity contribution in [3.05, 3.63) is 34.3 Å². The lowest BCUT2D eigenvalue weighted by molar-refractivity contribution is -0.153. The molecular formula is C17H21BrN2O5. The molecule has 0 spiro atoms. The Kier molecular flexibility index (Phi) is 5.72. The number of benzene rings is 1. The van der Waals surface area contributed by atoms with Gasteiger partial charge in [0.1, 0.15) is 12.1 Å². The van der Waals surface area contributed by atoms with Crippen molar-refractivity contribution in [1.82, 2.24) is 9.80 Å². The summed E-state index contributed by atoms with van der Waals surface area (Å²) >= 11 is 3.30. The van der Waals surface area contributed by atoms with Crippen molar-refractivity contribution < 1.29 is 24.2 Å². The van der Waals surface area contributed by atoms with Gasteiger partial charge in [-0.05, 0) is 38.5 Å². The smallest absolute Gasteiger partial charge is 0.410 e. The number of rotatable bonds is 3. The first-order chi connectivity index (χ1) is 11.6. The minimum atomic E-state index is -1.11. The summed E-state index contributed by atoms with van der Waals surface area (Å²) in [7, 11) is 0. The number of piperazine rings is 1. The molecule has 2 rings (SSSR count). The highest BCUT2D eigenvalue weighted by Crippen LogP contribution is 2.25. The lowest BCUT2D eigenvalue weighted by atomic mass is 10.0. The van der Waals surface area contributed by atoms with E-state index in [1.165, 1.54) is 9.80 Å². The van der Waals surface area contributed by atoms with Crippen LogP contribution in [0.1, 0.15) is 32.4 Å². The van der Waals surface area contributed by atoms with Crippen molar-refractivity contribution in [2.24, 2.45) is 0 Å². The highest BCUT2D eigenvalue weighted by atomic mass is 79.9. The molecule has 1 N–H and O–H groups in total. The largest absolute Gasteiger partial charge is 0.479 e. The van der Waals surface area contributed by atoms with Gasteiger partial charge in [0.25, 0.3) is 0 Å². The summed E-state index contributed by atoms with van der Waals surface area (Å²) in [5.74, 6) is -1.53. The molecule has 7 nitrogen and oxygen atoms in total. The van der Waals surface area contributed by atoms with E-state index in [1.807, 2.05) is 0 Å². The van der Waals surface area contributed by atoms with Crippen LogP contribution in [0.5, 0.6) is 0 Å². The van der Waals surface area contributed by atoms with Gasteiger partial charge in [-0.3, -0.25) is 9.69 Å². The molecule has 0 aliphatic carbocycles. The zero-order valence-corrected chi connectivity index (χ0v) is 15.9. The van der Waals surface area contributed by atoms with Crippen molar-refractivity contribution in [2.45, 2.75) is 32.4 Å². The number of carboxylic acids is 1. The standard InChI is InChI=1S/C17H21BrN2O5/c1-17(2,3)25-16(24)19-8-9-20(13(21)10-19)14(15(22)23)11-4-6-12(18)7-5-11/h4-7,14H,8-10H2,1-3H3,(H,22,23). The third-order valence-electron chi connectivity index (χ3n) is 3.64. The molecule has 1 atom stereocenters. The van der Waals surface area contributed by atoms with Crippen molar-refractivity contribution in [3.63, 3.8) is 0 Å². The number of halogens is 1. The highest BCUT2D eigenvalue weighted by molar-refractivity contribution is 9.10. The third kappa shape index (κ3) is 4.94. The summed E-state index contributed by atoms with van der Waals surface area (Å²) < 4.78 is 6.08. The fourth-order valence-electron chi connectivity index (χ4n) is 2.54. The summed E-state index contributed by atoms with van der Waals surface area (Å²) in [4.78, 5) is 38.9. The topological polar surface area (TPSA) is 87.2 Å².